The number of ether oxygens (including phenoxy) is 3. The van der Waals surface area contributed by atoms with E-state index in [1.807, 2.05) is 66.7 Å². The molecule has 0 fully saturated rings. The molecule has 0 N–H and O–H groups in total. The summed E-state index contributed by atoms with van der Waals surface area (Å²) in [6, 6.07) is 41.7. The van der Waals surface area contributed by atoms with Crippen LogP contribution in [0.3, 0.4) is 0 Å². The lowest BCUT2D eigenvalue weighted by atomic mass is 10.0. The first-order valence-corrected chi connectivity index (χ1v) is 13.4. The zero-order valence-electron chi connectivity index (χ0n) is 22.7. The number of hydrogen-bond acceptors (Lipinski definition) is 4. The molecule has 0 radical (unpaired) electrons. The Bertz CT molecular complexity index is 1510. The molecule has 5 aromatic carbocycles. The van der Waals surface area contributed by atoms with Gasteiger partial charge in [-0.2, -0.15) is 0 Å². The molecular formula is C36H32O4. The van der Waals surface area contributed by atoms with Crippen LogP contribution in [0.2, 0.25) is 0 Å². The monoisotopic (exact) mass is 528 g/mol. The van der Waals surface area contributed by atoms with E-state index in [9.17, 15) is 4.79 Å². The van der Waals surface area contributed by atoms with Gasteiger partial charge in [0.05, 0.1) is 12.2 Å². The highest BCUT2D eigenvalue weighted by molar-refractivity contribution is 5.90. The van der Waals surface area contributed by atoms with E-state index in [2.05, 4.69) is 62.4 Å². The van der Waals surface area contributed by atoms with Gasteiger partial charge in [-0.25, -0.2) is 4.79 Å². The fourth-order valence-corrected chi connectivity index (χ4v) is 4.36. The van der Waals surface area contributed by atoms with Crippen molar-refractivity contribution in [3.63, 3.8) is 0 Å². The standard InChI is InChI=1S/C36H32O4/c1-26-8-12-28(13-9-26)30-16-18-33(19-17-30)36(37)40-35(32-6-4-3-5-7-32)24-38-25-39-34-22-20-31(21-23-34)29-14-10-27(2)11-15-29/h3-23,35H,24-25H2,1-2H3. The van der Waals surface area contributed by atoms with Gasteiger partial charge in [0.15, 0.2) is 12.9 Å². The van der Waals surface area contributed by atoms with E-state index in [0.717, 1.165) is 27.8 Å². The fourth-order valence-electron chi connectivity index (χ4n) is 4.36. The van der Waals surface area contributed by atoms with E-state index in [1.165, 1.54) is 11.1 Å². The van der Waals surface area contributed by atoms with Crippen LogP contribution in [0.25, 0.3) is 22.3 Å². The number of carbonyl (C=O) groups excluding carboxylic acids is 1. The lowest BCUT2D eigenvalue weighted by Gasteiger charge is -2.19. The Labute approximate surface area is 235 Å². The number of hydrogen-bond donors (Lipinski definition) is 0. The van der Waals surface area contributed by atoms with Gasteiger partial charge in [-0.15, -0.1) is 0 Å². The van der Waals surface area contributed by atoms with Crippen LogP contribution in [0.5, 0.6) is 5.75 Å². The number of esters is 1. The maximum absolute atomic E-state index is 13.0. The third kappa shape index (κ3) is 7.04. The molecule has 0 spiro atoms. The maximum Gasteiger partial charge on any atom is 0.338 e. The van der Waals surface area contributed by atoms with Crippen molar-refractivity contribution in [2.75, 3.05) is 13.4 Å². The predicted octanol–water partition coefficient (Wildman–Crippen LogP) is 8.59. The first-order chi connectivity index (χ1) is 19.5. The molecule has 0 bridgehead atoms. The Morgan fingerprint density at radius 2 is 1.07 bits per heavy atom. The quantitative estimate of drug-likeness (QED) is 0.103. The lowest BCUT2D eigenvalue weighted by Crippen LogP contribution is -2.18. The van der Waals surface area contributed by atoms with Crippen LogP contribution < -0.4 is 4.74 Å². The predicted molar refractivity (Wildman–Crippen MR) is 159 cm³/mol. The molecule has 5 rings (SSSR count). The molecule has 0 saturated heterocycles. The average Bonchev–Trinajstić information content (AvgIpc) is 3.00. The van der Waals surface area contributed by atoms with Gasteiger partial charge < -0.3 is 14.2 Å². The summed E-state index contributed by atoms with van der Waals surface area (Å²) in [4.78, 5) is 13.0. The smallest absolute Gasteiger partial charge is 0.338 e. The van der Waals surface area contributed by atoms with E-state index < -0.39 is 12.1 Å². The van der Waals surface area contributed by atoms with Crippen molar-refractivity contribution in [1.82, 2.24) is 0 Å². The first-order valence-electron chi connectivity index (χ1n) is 13.4. The summed E-state index contributed by atoms with van der Waals surface area (Å²) in [7, 11) is 0. The van der Waals surface area contributed by atoms with Crippen LogP contribution in [-0.4, -0.2) is 19.4 Å². The van der Waals surface area contributed by atoms with Crippen molar-refractivity contribution in [2.24, 2.45) is 0 Å². The maximum atomic E-state index is 13.0. The van der Waals surface area contributed by atoms with E-state index in [0.29, 0.717) is 11.3 Å². The molecular weight excluding hydrogens is 496 g/mol. The molecule has 0 aliphatic carbocycles. The van der Waals surface area contributed by atoms with Crippen molar-refractivity contribution in [2.45, 2.75) is 20.0 Å². The summed E-state index contributed by atoms with van der Waals surface area (Å²) in [6.07, 6.45) is -0.571. The van der Waals surface area contributed by atoms with Crippen molar-refractivity contribution in [3.8, 4) is 28.0 Å². The van der Waals surface area contributed by atoms with Crippen LogP contribution >= 0.6 is 0 Å². The normalized spacial score (nSPS) is 11.6. The summed E-state index contributed by atoms with van der Waals surface area (Å²) in [6.45, 7) is 4.34. The highest BCUT2D eigenvalue weighted by atomic mass is 16.7. The summed E-state index contributed by atoms with van der Waals surface area (Å²) < 4.78 is 17.5. The van der Waals surface area contributed by atoms with E-state index >= 15 is 0 Å². The first kappa shape index (κ1) is 26.9. The largest absolute Gasteiger partial charge is 0.468 e. The van der Waals surface area contributed by atoms with Gasteiger partial charge in [-0.3, -0.25) is 0 Å². The SMILES string of the molecule is Cc1ccc(-c2ccc(OCOCC(OC(=O)c3ccc(-c4ccc(C)cc4)cc3)c3ccccc3)cc2)cc1. The fraction of sp³-hybridized carbons (Fsp3) is 0.139. The molecule has 5 aromatic rings. The molecule has 4 heteroatoms. The van der Waals surface area contributed by atoms with Gasteiger partial charge in [0.25, 0.3) is 0 Å². The molecule has 0 heterocycles. The van der Waals surface area contributed by atoms with Gasteiger partial charge in [-0.1, -0.05) is 114 Å². The minimum Gasteiger partial charge on any atom is -0.468 e. The molecule has 40 heavy (non-hydrogen) atoms. The number of carbonyl (C=O) groups is 1. The zero-order valence-corrected chi connectivity index (χ0v) is 22.7. The van der Waals surface area contributed by atoms with Gasteiger partial charge in [0.1, 0.15) is 5.75 Å². The van der Waals surface area contributed by atoms with Crippen LogP contribution in [0.15, 0.2) is 127 Å². The molecule has 4 nitrogen and oxygen atoms in total. The average molecular weight is 529 g/mol. The summed E-state index contributed by atoms with van der Waals surface area (Å²) >= 11 is 0. The van der Waals surface area contributed by atoms with Crippen LogP contribution in [0.4, 0.5) is 0 Å². The summed E-state index contributed by atoms with van der Waals surface area (Å²) in [5.41, 5.74) is 8.21. The molecule has 0 amide bonds. The van der Waals surface area contributed by atoms with Crippen molar-refractivity contribution >= 4 is 5.97 Å². The minimum absolute atomic E-state index is 0.0377. The third-order valence-electron chi connectivity index (χ3n) is 6.74. The van der Waals surface area contributed by atoms with E-state index in [-0.39, 0.29) is 13.4 Å². The Balaban J connectivity index is 1.18. The molecule has 0 aliphatic heterocycles. The minimum atomic E-state index is -0.571. The second kappa shape index (κ2) is 12.9. The van der Waals surface area contributed by atoms with Gasteiger partial charge >= 0.3 is 5.97 Å². The molecule has 0 aromatic heterocycles. The lowest BCUT2D eigenvalue weighted by molar-refractivity contribution is -0.0429. The van der Waals surface area contributed by atoms with Crippen molar-refractivity contribution < 1.29 is 19.0 Å². The molecule has 1 unspecified atom stereocenters. The molecule has 0 aliphatic rings. The Morgan fingerprint density at radius 3 is 1.60 bits per heavy atom. The zero-order chi connectivity index (χ0) is 27.7. The van der Waals surface area contributed by atoms with Crippen LogP contribution in [0, 0.1) is 13.8 Å². The van der Waals surface area contributed by atoms with E-state index in [4.69, 9.17) is 14.2 Å². The van der Waals surface area contributed by atoms with Crippen molar-refractivity contribution in [1.29, 1.82) is 0 Å². The van der Waals surface area contributed by atoms with Gasteiger partial charge in [0, 0.05) is 0 Å². The molecule has 0 saturated carbocycles. The topological polar surface area (TPSA) is 44.8 Å². The second-order valence-electron chi connectivity index (χ2n) is 9.77. The molecule has 1 atom stereocenters. The van der Waals surface area contributed by atoms with Gasteiger partial charge in [0.2, 0.25) is 0 Å². The van der Waals surface area contributed by atoms with Crippen LogP contribution in [0.1, 0.15) is 33.2 Å². The molecule has 200 valence electrons. The van der Waals surface area contributed by atoms with Gasteiger partial charge in [-0.05, 0) is 65.9 Å². The van der Waals surface area contributed by atoms with E-state index in [1.54, 1.807) is 12.1 Å². The number of rotatable bonds is 10. The summed E-state index contributed by atoms with van der Waals surface area (Å²) in [5, 5.41) is 0. The Morgan fingerprint density at radius 1 is 0.600 bits per heavy atom. The Kier molecular flexibility index (Phi) is 8.69. The highest BCUT2D eigenvalue weighted by Crippen LogP contribution is 2.25. The number of aryl methyl sites for hydroxylation is 2. The van der Waals surface area contributed by atoms with Crippen molar-refractivity contribution in [3.05, 3.63) is 150 Å². The second-order valence-corrected chi connectivity index (χ2v) is 9.77. The third-order valence-corrected chi connectivity index (χ3v) is 6.74. The summed E-state index contributed by atoms with van der Waals surface area (Å²) in [5.74, 6) is 0.304. The number of benzene rings is 5. The van der Waals surface area contributed by atoms with Crippen LogP contribution in [-0.2, 0) is 9.47 Å². The Hall–Kier alpha value is -4.67. The highest BCUT2D eigenvalue weighted by Gasteiger charge is 2.19.